The van der Waals surface area contributed by atoms with E-state index in [0.717, 1.165) is 10.1 Å². The smallest absolute Gasteiger partial charge is 0.390 e. The van der Waals surface area contributed by atoms with E-state index >= 15 is 0 Å². The van der Waals surface area contributed by atoms with Gasteiger partial charge in [-0.25, -0.2) is 14.6 Å². The minimum atomic E-state index is -0.551. The van der Waals surface area contributed by atoms with Crippen LogP contribution in [0.3, 0.4) is 0 Å². The summed E-state index contributed by atoms with van der Waals surface area (Å²) in [5, 5.41) is 8.19. The number of hydrogen-bond acceptors (Lipinski definition) is 7. The molecule has 0 aliphatic rings. The van der Waals surface area contributed by atoms with Crippen LogP contribution in [0, 0.1) is 0 Å². The maximum Gasteiger partial charge on any atom is 0.437 e. The minimum absolute atomic E-state index is 0.0602. The Kier molecular flexibility index (Phi) is 4.15. The fourth-order valence-electron chi connectivity index (χ4n) is 2.89. The average molecular weight is 388 g/mol. The number of rotatable bonds is 5. The summed E-state index contributed by atoms with van der Waals surface area (Å²) in [6.45, 7) is 0.463. The summed E-state index contributed by atoms with van der Waals surface area (Å²) in [6.07, 6.45) is 2.10. The molecule has 0 fully saturated rings. The zero-order valence-corrected chi connectivity index (χ0v) is 15.5. The molecule has 0 aromatic carbocycles. The van der Waals surface area contributed by atoms with Crippen LogP contribution in [0.1, 0.15) is 11.5 Å². The molecule has 4 rings (SSSR count). The van der Waals surface area contributed by atoms with Gasteiger partial charge in [-0.05, 0) is 28.8 Å². The summed E-state index contributed by atoms with van der Waals surface area (Å²) in [7, 11) is 2.95. The summed E-state index contributed by atoms with van der Waals surface area (Å²) in [5.74, 6) is -0.384. The second-order valence-electron chi connectivity index (χ2n) is 6.12. The second kappa shape index (κ2) is 6.50. The van der Waals surface area contributed by atoms with Gasteiger partial charge in [-0.3, -0.25) is 13.9 Å². The third-order valence-corrected chi connectivity index (χ3v) is 5.10. The van der Waals surface area contributed by atoms with E-state index in [2.05, 4.69) is 10.1 Å². The molecule has 10 nitrogen and oxygen atoms in total. The summed E-state index contributed by atoms with van der Waals surface area (Å²) >= 11 is 1.60. The summed E-state index contributed by atoms with van der Waals surface area (Å²) in [4.78, 5) is 40.6. The molecule has 0 bridgehead atoms. The molecular weight excluding hydrogens is 372 g/mol. The molecule has 140 valence electrons. The van der Waals surface area contributed by atoms with Crippen LogP contribution in [0.2, 0.25) is 0 Å². The molecule has 0 N–H and O–H groups in total. The summed E-state index contributed by atoms with van der Waals surface area (Å²) < 4.78 is 10.3. The van der Waals surface area contributed by atoms with Crippen molar-refractivity contribution in [2.75, 3.05) is 0 Å². The maximum absolute atomic E-state index is 12.5. The van der Waals surface area contributed by atoms with Crippen molar-refractivity contribution in [2.24, 2.45) is 14.1 Å². The van der Waals surface area contributed by atoms with Crippen LogP contribution in [-0.4, -0.2) is 28.5 Å². The number of nitrogens with zero attached hydrogens (tertiary/aromatic N) is 6. The third-order valence-electron chi connectivity index (χ3n) is 4.36. The van der Waals surface area contributed by atoms with Crippen molar-refractivity contribution < 1.29 is 4.42 Å². The number of hydrogen-bond donors (Lipinski definition) is 0. The molecule has 0 spiro atoms. The monoisotopic (exact) mass is 388 g/mol. The largest absolute Gasteiger partial charge is 0.437 e. The van der Waals surface area contributed by atoms with Crippen molar-refractivity contribution in [3.8, 4) is 0 Å². The average Bonchev–Trinajstić information content (AvgIpc) is 3.37. The Labute approximate surface area is 155 Å². The van der Waals surface area contributed by atoms with Crippen LogP contribution in [0.15, 0.2) is 42.0 Å². The first kappa shape index (κ1) is 17.2. The van der Waals surface area contributed by atoms with Gasteiger partial charge in [0.1, 0.15) is 6.54 Å². The van der Waals surface area contributed by atoms with Gasteiger partial charge in [-0.15, -0.1) is 5.10 Å². The van der Waals surface area contributed by atoms with E-state index in [1.807, 2.05) is 16.8 Å². The molecule has 11 heteroatoms. The first-order chi connectivity index (χ1) is 13.0. The number of aryl methyl sites for hydroxylation is 3. The lowest BCUT2D eigenvalue weighted by Gasteiger charge is -2.04. The predicted molar refractivity (Wildman–Crippen MR) is 98.1 cm³/mol. The van der Waals surface area contributed by atoms with E-state index in [1.165, 1.54) is 27.2 Å². The normalized spacial score (nSPS) is 11.5. The first-order valence-corrected chi connectivity index (χ1v) is 9.08. The minimum Gasteiger partial charge on any atom is -0.390 e. The van der Waals surface area contributed by atoms with Gasteiger partial charge in [0.2, 0.25) is 5.89 Å². The van der Waals surface area contributed by atoms with Crippen molar-refractivity contribution in [1.82, 2.24) is 28.5 Å². The summed E-state index contributed by atoms with van der Waals surface area (Å²) in [5.41, 5.74) is 0.714. The van der Waals surface area contributed by atoms with Gasteiger partial charge in [-0.2, -0.15) is 16.0 Å². The Balaban J connectivity index is 1.65. The molecule has 4 heterocycles. The molecule has 0 amide bonds. The van der Waals surface area contributed by atoms with Crippen LogP contribution in [0.25, 0.3) is 11.2 Å². The van der Waals surface area contributed by atoms with E-state index < -0.39 is 17.0 Å². The lowest BCUT2D eigenvalue weighted by molar-refractivity contribution is 0.438. The van der Waals surface area contributed by atoms with Crippen LogP contribution in [-0.2, 0) is 33.6 Å². The SMILES string of the molecule is Cn1c(=O)c2c(ncn2Cc2nn(CCc3ccsc3)c(=O)o2)n(C)c1=O. The van der Waals surface area contributed by atoms with Gasteiger partial charge in [0.15, 0.2) is 11.2 Å². The highest BCUT2D eigenvalue weighted by atomic mass is 32.1. The molecule has 4 aromatic rings. The molecule has 0 unspecified atom stereocenters. The number of fused-ring (bicyclic) bond motifs is 1. The molecule has 0 radical (unpaired) electrons. The van der Waals surface area contributed by atoms with Crippen molar-refractivity contribution >= 4 is 22.5 Å². The second-order valence-corrected chi connectivity index (χ2v) is 6.90. The highest BCUT2D eigenvalue weighted by Gasteiger charge is 2.16. The Morgan fingerprint density at radius 2 is 2.00 bits per heavy atom. The van der Waals surface area contributed by atoms with Gasteiger partial charge in [-0.1, -0.05) is 0 Å². The van der Waals surface area contributed by atoms with Gasteiger partial charge in [0.25, 0.3) is 5.56 Å². The van der Waals surface area contributed by atoms with E-state index in [1.54, 1.807) is 18.4 Å². The molecule has 4 aromatic heterocycles. The maximum atomic E-state index is 12.5. The lowest BCUT2D eigenvalue weighted by atomic mass is 10.2. The predicted octanol–water partition coefficient (Wildman–Crippen LogP) is -0.0641. The van der Waals surface area contributed by atoms with E-state index in [0.29, 0.717) is 13.0 Å². The molecule has 0 saturated heterocycles. The van der Waals surface area contributed by atoms with Crippen molar-refractivity contribution in [3.05, 3.63) is 66.0 Å². The Morgan fingerprint density at radius 3 is 2.74 bits per heavy atom. The van der Waals surface area contributed by atoms with Gasteiger partial charge < -0.3 is 8.98 Å². The fourth-order valence-corrected chi connectivity index (χ4v) is 3.59. The lowest BCUT2D eigenvalue weighted by Crippen LogP contribution is -2.37. The summed E-state index contributed by atoms with van der Waals surface area (Å²) in [6, 6.07) is 1.99. The van der Waals surface area contributed by atoms with Crippen LogP contribution < -0.4 is 17.0 Å². The zero-order valence-electron chi connectivity index (χ0n) is 14.7. The topological polar surface area (TPSA) is 110 Å². The highest BCUT2D eigenvalue weighted by molar-refractivity contribution is 7.07. The van der Waals surface area contributed by atoms with Crippen molar-refractivity contribution in [2.45, 2.75) is 19.5 Å². The van der Waals surface area contributed by atoms with Gasteiger partial charge in [0, 0.05) is 14.1 Å². The van der Waals surface area contributed by atoms with Crippen LogP contribution in [0.4, 0.5) is 0 Å². The van der Waals surface area contributed by atoms with E-state index in [9.17, 15) is 14.4 Å². The van der Waals surface area contributed by atoms with Gasteiger partial charge in [0.05, 0.1) is 12.9 Å². The zero-order chi connectivity index (χ0) is 19.1. The highest BCUT2D eigenvalue weighted by Crippen LogP contribution is 2.09. The van der Waals surface area contributed by atoms with E-state index in [4.69, 9.17) is 4.42 Å². The molecule has 27 heavy (non-hydrogen) atoms. The van der Waals surface area contributed by atoms with Crippen molar-refractivity contribution in [1.29, 1.82) is 0 Å². The molecule has 0 saturated carbocycles. The van der Waals surface area contributed by atoms with E-state index in [-0.39, 0.29) is 23.6 Å². The van der Waals surface area contributed by atoms with Gasteiger partial charge >= 0.3 is 11.4 Å². The fraction of sp³-hybridized carbons (Fsp3) is 0.312. The van der Waals surface area contributed by atoms with Crippen molar-refractivity contribution in [3.63, 3.8) is 0 Å². The Morgan fingerprint density at radius 1 is 1.19 bits per heavy atom. The molecular formula is C16H16N6O4S. The first-order valence-electron chi connectivity index (χ1n) is 8.14. The standard InChI is InChI=1S/C16H16N6O4S/c1-19-13-12(14(23)20(2)15(19)24)21(9-17-13)7-11-18-22(16(25)26-11)5-3-10-4-6-27-8-10/h4,6,8-9H,3,5,7H2,1-2H3. The Bertz CT molecular complexity index is 1290. The molecule has 0 aliphatic heterocycles. The molecule has 0 atom stereocenters. The number of imidazole rings is 1. The van der Waals surface area contributed by atoms with Crippen LogP contribution >= 0.6 is 11.3 Å². The third kappa shape index (κ3) is 2.95. The molecule has 0 aliphatic carbocycles. The van der Waals surface area contributed by atoms with Crippen LogP contribution in [0.5, 0.6) is 0 Å². The quantitative estimate of drug-likeness (QED) is 0.474. The number of aromatic nitrogens is 6. The Hall–Kier alpha value is -3.21. The number of thiophene rings is 1.